The van der Waals surface area contributed by atoms with Gasteiger partial charge in [0.1, 0.15) is 5.75 Å². The molecule has 5 rings (SSSR count). The van der Waals surface area contributed by atoms with Crippen LogP contribution < -0.4 is 4.74 Å². The number of hydrogen-bond acceptors (Lipinski definition) is 6. The van der Waals surface area contributed by atoms with Crippen molar-refractivity contribution in [2.45, 2.75) is 67.7 Å². The van der Waals surface area contributed by atoms with Gasteiger partial charge >= 0.3 is 6.61 Å². The third-order valence-electron chi connectivity index (χ3n) is 6.87. The summed E-state index contributed by atoms with van der Waals surface area (Å²) in [6, 6.07) is 11.8. The van der Waals surface area contributed by atoms with Crippen molar-refractivity contribution in [2.75, 3.05) is 19.7 Å². The molecule has 2 aliphatic heterocycles. The largest absolute Gasteiger partial charge is 0.435 e. The first-order valence-corrected chi connectivity index (χ1v) is 15.0. The highest BCUT2D eigenvalue weighted by atomic mass is 32.2. The lowest BCUT2D eigenvalue weighted by Gasteiger charge is -2.30. The normalized spacial score (nSPS) is 21.2. The molecular formula is C26H31F2N3O4S2. The van der Waals surface area contributed by atoms with Crippen molar-refractivity contribution in [3.8, 4) is 5.75 Å². The second-order valence-corrected chi connectivity index (χ2v) is 12.6. The zero-order valence-electron chi connectivity index (χ0n) is 20.7. The van der Waals surface area contributed by atoms with E-state index in [1.54, 1.807) is 28.6 Å². The zero-order valence-corrected chi connectivity index (χ0v) is 22.3. The minimum atomic E-state index is -3.59. The third kappa shape index (κ3) is 6.10. The minimum absolute atomic E-state index is 0.0841. The number of fused-ring (bicyclic) bond motifs is 1. The van der Waals surface area contributed by atoms with Crippen LogP contribution in [-0.4, -0.2) is 54.7 Å². The number of piperidine rings is 1. The van der Waals surface area contributed by atoms with Crippen molar-refractivity contribution >= 4 is 32.8 Å². The maximum atomic E-state index is 13.4. The number of halogens is 2. The molecular weight excluding hydrogens is 520 g/mol. The monoisotopic (exact) mass is 551 g/mol. The number of rotatable bonds is 9. The fourth-order valence-corrected chi connectivity index (χ4v) is 7.55. The molecule has 0 spiro atoms. The number of benzene rings is 2. The first-order valence-electron chi connectivity index (χ1n) is 12.6. The molecule has 3 heterocycles. The van der Waals surface area contributed by atoms with Gasteiger partial charge < -0.3 is 14.0 Å². The first kappa shape index (κ1) is 26.4. The summed E-state index contributed by atoms with van der Waals surface area (Å²) in [5, 5.41) is 0.763. The Labute approximate surface area is 220 Å². The summed E-state index contributed by atoms with van der Waals surface area (Å²) in [4.78, 5) is 5.09. The van der Waals surface area contributed by atoms with Gasteiger partial charge in [-0.2, -0.15) is 13.1 Å². The van der Waals surface area contributed by atoms with Crippen LogP contribution in [0.2, 0.25) is 0 Å². The van der Waals surface area contributed by atoms with Crippen molar-refractivity contribution in [3.05, 3.63) is 48.0 Å². The van der Waals surface area contributed by atoms with Gasteiger partial charge in [-0.3, -0.25) is 0 Å². The summed E-state index contributed by atoms with van der Waals surface area (Å²) in [5.74, 6) is 1.03. The molecule has 0 bridgehead atoms. The molecule has 2 aliphatic rings. The van der Waals surface area contributed by atoms with Crippen LogP contribution in [-0.2, 0) is 27.1 Å². The maximum absolute atomic E-state index is 13.4. The highest BCUT2D eigenvalue weighted by Crippen LogP contribution is 2.32. The molecule has 200 valence electrons. The highest BCUT2D eigenvalue weighted by molar-refractivity contribution is 7.98. The van der Waals surface area contributed by atoms with E-state index in [-0.39, 0.29) is 16.7 Å². The molecule has 0 saturated carbocycles. The molecule has 1 aromatic heterocycles. The molecule has 2 saturated heterocycles. The number of hydrogen-bond donors (Lipinski definition) is 0. The minimum Gasteiger partial charge on any atom is -0.435 e. The lowest BCUT2D eigenvalue weighted by atomic mass is 10.0. The predicted molar refractivity (Wildman–Crippen MR) is 138 cm³/mol. The fourth-order valence-electron chi connectivity index (χ4n) is 4.96. The van der Waals surface area contributed by atoms with Gasteiger partial charge in [-0.1, -0.05) is 30.8 Å². The highest BCUT2D eigenvalue weighted by Gasteiger charge is 2.29. The Balaban J connectivity index is 1.41. The van der Waals surface area contributed by atoms with E-state index >= 15 is 0 Å². The van der Waals surface area contributed by atoms with Gasteiger partial charge in [0.2, 0.25) is 10.0 Å². The van der Waals surface area contributed by atoms with Gasteiger partial charge in [0.05, 0.1) is 28.6 Å². The Hall–Kier alpha value is -2.21. The van der Waals surface area contributed by atoms with E-state index in [9.17, 15) is 17.2 Å². The second kappa shape index (κ2) is 11.3. The lowest BCUT2D eigenvalue weighted by Crippen LogP contribution is -2.39. The number of alkyl halides is 2. The SMILES string of the molecule is C[C@H]1CCCN(S(=O)(=O)c2ccc3c(c2)nc(SCc2ccc(OC(F)F)cc2)n3C[C@@H]2CCCO2)C1. The van der Waals surface area contributed by atoms with Crippen LogP contribution in [0.1, 0.15) is 38.2 Å². The Morgan fingerprint density at radius 2 is 1.97 bits per heavy atom. The molecule has 37 heavy (non-hydrogen) atoms. The van der Waals surface area contributed by atoms with Crippen LogP contribution in [0.5, 0.6) is 5.75 Å². The van der Waals surface area contributed by atoms with Gasteiger partial charge in [0, 0.05) is 25.4 Å². The molecule has 11 heteroatoms. The van der Waals surface area contributed by atoms with Crippen LogP contribution in [0.3, 0.4) is 0 Å². The number of imidazole rings is 1. The summed E-state index contributed by atoms with van der Waals surface area (Å²) >= 11 is 1.52. The number of sulfonamides is 1. The standard InChI is InChI=1S/C26H31F2N3O4S2/c1-18-4-2-12-30(15-18)37(32,33)22-10-11-24-23(14-22)29-26(31(24)16-21-5-3-13-34-21)36-17-19-6-8-20(9-7-19)35-25(27)28/h6-11,14,18,21,25H,2-5,12-13,15-17H2,1H3/t18-,21-/m0/s1. The van der Waals surface area contributed by atoms with Gasteiger partial charge in [-0.15, -0.1) is 0 Å². The van der Waals surface area contributed by atoms with Gasteiger partial charge in [0.15, 0.2) is 5.16 Å². The predicted octanol–water partition coefficient (Wildman–Crippen LogP) is 5.53. The Morgan fingerprint density at radius 3 is 2.68 bits per heavy atom. The average Bonchev–Trinajstić information content (AvgIpc) is 3.51. The molecule has 2 fully saturated rings. The quantitative estimate of drug-likeness (QED) is 0.326. The Morgan fingerprint density at radius 1 is 1.16 bits per heavy atom. The Kier molecular flexibility index (Phi) is 8.04. The number of nitrogens with zero attached hydrogens (tertiary/aromatic N) is 3. The number of thioether (sulfide) groups is 1. The molecule has 0 unspecified atom stereocenters. The van der Waals surface area contributed by atoms with E-state index in [4.69, 9.17) is 9.72 Å². The van der Waals surface area contributed by atoms with E-state index in [0.717, 1.165) is 48.5 Å². The number of aromatic nitrogens is 2. The van der Waals surface area contributed by atoms with E-state index in [0.29, 0.717) is 36.8 Å². The van der Waals surface area contributed by atoms with Crippen molar-refractivity contribution in [1.82, 2.24) is 13.9 Å². The smallest absolute Gasteiger partial charge is 0.387 e. The van der Waals surface area contributed by atoms with E-state index in [1.807, 2.05) is 6.07 Å². The summed E-state index contributed by atoms with van der Waals surface area (Å²) < 4.78 is 65.6. The van der Waals surface area contributed by atoms with Gasteiger partial charge in [-0.05, 0) is 67.5 Å². The van der Waals surface area contributed by atoms with Crippen LogP contribution in [0.15, 0.2) is 52.5 Å². The first-order chi connectivity index (χ1) is 17.8. The van der Waals surface area contributed by atoms with Crippen molar-refractivity contribution in [2.24, 2.45) is 5.92 Å². The van der Waals surface area contributed by atoms with Crippen molar-refractivity contribution < 1.29 is 26.7 Å². The van der Waals surface area contributed by atoms with E-state index < -0.39 is 16.6 Å². The van der Waals surface area contributed by atoms with E-state index in [2.05, 4.69) is 16.2 Å². The Bertz CT molecular complexity index is 1330. The number of ether oxygens (including phenoxy) is 2. The zero-order chi connectivity index (χ0) is 26.0. The van der Waals surface area contributed by atoms with Crippen LogP contribution in [0, 0.1) is 5.92 Å². The van der Waals surface area contributed by atoms with Crippen molar-refractivity contribution in [3.63, 3.8) is 0 Å². The summed E-state index contributed by atoms with van der Waals surface area (Å²) in [7, 11) is -3.59. The van der Waals surface area contributed by atoms with Crippen LogP contribution in [0.4, 0.5) is 8.78 Å². The average molecular weight is 552 g/mol. The van der Waals surface area contributed by atoms with Gasteiger partial charge in [-0.25, -0.2) is 13.4 Å². The molecule has 2 atom stereocenters. The van der Waals surface area contributed by atoms with E-state index in [1.165, 1.54) is 23.9 Å². The molecule has 0 amide bonds. The second-order valence-electron chi connectivity index (χ2n) is 9.71. The molecule has 3 aromatic rings. The van der Waals surface area contributed by atoms with Gasteiger partial charge in [0.25, 0.3) is 0 Å². The molecule has 0 N–H and O–H groups in total. The topological polar surface area (TPSA) is 73.7 Å². The third-order valence-corrected chi connectivity index (χ3v) is 9.78. The molecule has 7 nitrogen and oxygen atoms in total. The summed E-state index contributed by atoms with van der Waals surface area (Å²) in [6.45, 7) is 1.68. The molecule has 2 aromatic carbocycles. The summed E-state index contributed by atoms with van der Waals surface area (Å²) in [5.41, 5.74) is 2.43. The lowest BCUT2D eigenvalue weighted by molar-refractivity contribution is -0.0498. The fraction of sp³-hybridized carbons (Fsp3) is 0.500. The maximum Gasteiger partial charge on any atom is 0.387 e. The van der Waals surface area contributed by atoms with Crippen LogP contribution in [0.25, 0.3) is 11.0 Å². The molecule has 0 aliphatic carbocycles. The molecule has 0 radical (unpaired) electrons. The summed E-state index contributed by atoms with van der Waals surface area (Å²) in [6.07, 6.45) is 3.98. The van der Waals surface area contributed by atoms with Crippen molar-refractivity contribution in [1.29, 1.82) is 0 Å². The van der Waals surface area contributed by atoms with Crippen LogP contribution >= 0.6 is 11.8 Å².